The quantitative estimate of drug-likeness (QED) is 0.877. The van der Waals surface area contributed by atoms with E-state index in [-0.39, 0.29) is 0 Å². The second-order valence-corrected chi connectivity index (χ2v) is 5.42. The maximum Gasteiger partial charge on any atom is 0.407 e. The zero-order valence-corrected chi connectivity index (χ0v) is 11.9. The number of hydrogen-bond acceptors (Lipinski definition) is 3. The maximum atomic E-state index is 10.9. The standard InChI is InChI=1S/C13H14BrN3O2/c14-10-3-1-2-4-11(10)16-13(9-15)5-7-17(8-6-13)12(18)19/h1-4,16H,5-8H2,(H,18,19). The molecular weight excluding hydrogens is 310 g/mol. The summed E-state index contributed by atoms with van der Waals surface area (Å²) in [6, 6.07) is 9.90. The van der Waals surface area contributed by atoms with Crippen LogP contribution in [0.15, 0.2) is 28.7 Å². The molecule has 0 aromatic heterocycles. The molecule has 5 nitrogen and oxygen atoms in total. The van der Waals surface area contributed by atoms with Crippen molar-refractivity contribution in [2.24, 2.45) is 0 Å². The highest BCUT2D eigenvalue weighted by Crippen LogP contribution is 2.30. The monoisotopic (exact) mass is 323 g/mol. The Labute approximate surface area is 120 Å². The van der Waals surface area contributed by atoms with Crippen LogP contribution in [-0.4, -0.2) is 34.7 Å². The van der Waals surface area contributed by atoms with Crippen LogP contribution in [0.5, 0.6) is 0 Å². The maximum absolute atomic E-state index is 10.9. The van der Waals surface area contributed by atoms with Crippen molar-refractivity contribution < 1.29 is 9.90 Å². The highest BCUT2D eigenvalue weighted by Gasteiger charge is 2.36. The topological polar surface area (TPSA) is 76.4 Å². The van der Waals surface area contributed by atoms with Crippen LogP contribution in [0.3, 0.4) is 0 Å². The first-order valence-corrected chi connectivity index (χ1v) is 6.77. The molecular formula is C13H14BrN3O2. The minimum absolute atomic E-state index is 0.375. The molecule has 1 aromatic rings. The van der Waals surface area contributed by atoms with Crippen LogP contribution in [-0.2, 0) is 0 Å². The number of hydrogen-bond donors (Lipinski definition) is 2. The fourth-order valence-corrected chi connectivity index (χ4v) is 2.55. The van der Waals surface area contributed by atoms with Gasteiger partial charge in [-0.3, -0.25) is 0 Å². The number of nitrogens with one attached hydrogen (secondary N) is 1. The first-order valence-electron chi connectivity index (χ1n) is 5.98. The number of nitrogens with zero attached hydrogens (tertiary/aromatic N) is 2. The number of likely N-dealkylation sites (tertiary alicyclic amines) is 1. The number of anilines is 1. The van der Waals surface area contributed by atoms with Gasteiger partial charge in [0.05, 0.1) is 6.07 Å². The van der Waals surface area contributed by atoms with Crippen molar-refractivity contribution in [1.29, 1.82) is 5.26 Å². The number of nitriles is 1. The number of para-hydroxylation sites is 1. The molecule has 0 saturated carbocycles. The first-order chi connectivity index (χ1) is 9.06. The van der Waals surface area contributed by atoms with Gasteiger partial charge >= 0.3 is 6.09 Å². The van der Waals surface area contributed by atoms with E-state index in [9.17, 15) is 10.1 Å². The molecule has 19 heavy (non-hydrogen) atoms. The van der Waals surface area contributed by atoms with E-state index in [1.165, 1.54) is 4.90 Å². The van der Waals surface area contributed by atoms with Gasteiger partial charge in [-0.25, -0.2) is 4.79 Å². The molecule has 0 spiro atoms. The predicted molar refractivity (Wildman–Crippen MR) is 74.9 cm³/mol. The molecule has 1 heterocycles. The van der Waals surface area contributed by atoms with Crippen molar-refractivity contribution in [2.45, 2.75) is 18.4 Å². The fraction of sp³-hybridized carbons (Fsp3) is 0.385. The summed E-state index contributed by atoms with van der Waals surface area (Å²) in [6.07, 6.45) is 0.0429. The van der Waals surface area contributed by atoms with E-state index in [1.54, 1.807) is 0 Å². The van der Waals surface area contributed by atoms with Crippen molar-refractivity contribution in [3.05, 3.63) is 28.7 Å². The number of halogens is 1. The average Bonchev–Trinajstić information content (AvgIpc) is 2.42. The van der Waals surface area contributed by atoms with Gasteiger partial charge in [0.15, 0.2) is 0 Å². The largest absolute Gasteiger partial charge is 0.465 e. The third-order valence-corrected chi connectivity index (χ3v) is 4.04. The van der Waals surface area contributed by atoms with E-state index in [4.69, 9.17) is 5.11 Å². The SMILES string of the molecule is N#CC1(Nc2ccccc2Br)CCN(C(=O)O)CC1. The van der Waals surface area contributed by atoms with Crippen LogP contribution in [0.1, 0.15) is 12.8 Å². The summed E-state index contributed by atoms with van der Waals surface area (Å²) < 4.78 is 0.894. The van der Waals surface area contributed by atoms with E-state index < -0.39 is 11.6 Å². The van der Waals surface area contributed by atoms with Gasteiger partial charge in [0, 0.05) is 36.1 Å². The molecule has 100 valence electrons. The smallest absolute Gasteiger partial charge is 0.407 e. The molecule has 1 amide bonds. The summed E-state index contributed by atoms with van der Waals surface area (Å²) in [7, 11) is 0. The number of carboxylic acid groups (broad SMARTS) is 1. The lowest BCUT2D eigenvalue weighted by atomic mass is 9.89. The van der Waals surface area contributed by atoms with Crippen molar-refractivity contribution in [3.8, 4) is 6.07 Å². The lowest BCUT2D eigenvalue weighted by Gasteiger charge is -2.37. The van der Waals surface area contributed by atoms with Crippen molar-refractivity contribution >= 4 is 27.7 Å². The second-order valence-electron chi connectivity index (χ2n) is 4.57. The van der Waals surface area contributed by atoms with Gasteiger partial charge in [0.1, 0.15) is 5.54 Å². The highest BCUT2D eigenvalue weighted by molar-refractivity contribution is 9.10. The molecule has 0 radical (unpaired) electrons. The number of amides is 1. The Balaban J connectivity index is 2.12. The van der Waals surface area contributed by atoms with E-state index in [0.29, 0.717) is 25.9 Å². The zero-order valence-electron chi connectivity index (χ0n) is 10.3. The molecule has 0 bridgehead atoms. The van der Waals surface area contributed by atoms with Crippen molar-refractivity contribution in [2.75, 3.05) is 18.4 Å². The normalized spacial score (nSPS) is 17.6. The van der Waals surface area contributed by atoms with Gasteiger partial charge in [0.25, 0.3) is 0 Å². The lowest BCUT2D eigenvalue weighted by molar-refractivity contribution is 0.128. The molecule has 2 rings (SSSR count). The predicted octanol–water partition coefficient (Wildman–Crippen LogP) is 2.90. The first kappa shape index (κ1) is 13.7. The van der Waals surface area contributed by atoms with Crippen LogP contribution >= 0.6 is 15.9 Å². The summed E-state index contributed by atoms with van der Waals surface area (Å²) in [5, 5.41) is 21.6. The lowest BCUT2D eigenvalue weighted by Crippen LogP contribution is -2.49. The number of benzene rings is 1. The summed E-state index contributed by atoms with van der Waals surface area (Å²) in [6.45, 7) is 0.751. The summed E-state index contributed by atoms with van der Waals surface area (Å²) in [5.41, 5.74) is 0.156. The van der Waals surface area contributed by atoms with Crippen LogP contribution < -0.4 is 5.32 Å². The van der Waals surface area contributed by atoms with E-state index in [1.807, 2.05) is 24.3 Å². The molecule has 1 aromatic carbocycles. The Hall–Kier alpha value is -1.74. The van der Waals surface area contributed by atoms with Gasteiger partial charge in [-0.2, -0.15) is 5.26 Å². The molecule has 0 aliphatic carbocycles. The van der Waals surface area contributed by atoms with Gasteiger partial charge in [-0.05, 0) is 28.1 Å². The van der Waals surface area contributed by atoms with Crippen LogP contribution in [0.4, 0.5) is 10.5 Å². The molecule has 2 N–H and O–H groups in total. The Morgan fingerprint density at radius 1 is 1.42 bits per heavy atom. The Morgan fingerprint density at radius 3 is 2.58 bits per heavy atom. The van der Waals surface area contributed by atoms with Gasteiger partial charge in [-0.15, -0.1) is 0 Å². The number of carbonyl (C=O) groups is 1. The van der Waals surface area contributed by atoms with Crippen LogP contribution in [0.2, 0.25) is 0 Å². The average molecular weight is 324 g/mol. The minimum Gasteiger partial charge on any atom is -0.465 e. The zero-order chi connectivity index (χ0) is 13.9. The van der Waals surface area contributed by atoms with Crippen molar-refractivity contribution in [3.63, 3.8) is 0 Å². The van der Waals surface area contributed by atoms with E-state index >= 15 is 0 Å². The molecule has 1 saturated heterocycles. The summed E-state index contributed by atoms with van der Waals surface area (Å²) in [4.78, 5) is 12.2. The third kappa shape index (κ3) is 2.99. The number of piperidine rings is 1. The van der Waals surface area contributed by atoms with E-state index in [2.05, 4.69) is 27.3 Å². The van der Waals surface area contributed by atoms with Gasteiger partial charge in [-0.1, -0.05) is 12.1 Å². The molecule has 1 aliphatic heterocycles. The van der Waals surface area contributed by atoms with Crippen molar-refractivity contribution in [1.82, 2.24) is 4.90 Å². The number of rotatable bonds is 2. The van der Waals surface area contributed by atoms with Crippen LogP contribution in [0.25, 0.3) is 0 Å². The van der Waals surface area contributed by atoms with E-state index in [0.717, 1.165) is 10.2 Å². The van der Waals surface area contributed by atoms with Crippen LogP contribution in [0, 0.1) is 11.3 Å². The second kappa shape index (κ2) is 5.49. The molecule has 0 atom stereocenters. The Kier molecular flexibility index (Phi) is 3.96. The summed E-state index contributed by atoms with van der Waals surface area (Å²) >= 11 is 3.44. The molecule has 0 unspecified atom stereocenters. The highest BCUT2D eigenvalue weighted by atomic mass is 79.9. The minimum atomic E-state index is -0.924. The molecule has 1 fully saturated rings. The fourth-order valence-electron chi connectivity index (χ4n) is 2.16. The van der Waals surface area contributed by atoms with Gasteiger partial charge < -0.3 is 15.3 Å². The molecule has 1 aliphatic rings. The summed E-state index contributed by atoms with van der Waals surface area (Å²) in [5.74, 6) is 0. The Morgan fingerprint density at radius 2 is 2.05 bits per heavy atom. The Bertz CT molecular complexity index is 519. The third-order valence-electron chi connectivity index (χ3n) is 3.35. The van der Waals surface area contributed by atoms with Gasteiger partial charge in [0.2, 0.25) is 0 Å². The molecule has 6 heteroatoms.